The fraction of sp³-hybridized carbons (Fsp3) is 0.261. The van der Waals surface area contributed by atoms with Crippen LogP contribution >= 0.6 is 0 Å². The predicted octanol–water partition coefficient (Wildman–Crippen LogP) is 12.5. The average Bonchev–Trinajstić information content (AvgIpc) is 3.73. The van der Waals surface area contributed by atoms with Crippen molar-refractivity contribution in [2.75, 3.05) is 0 Å². The molecule has 5 aromatic carbocycles. The second-order valence-electron chi connectivity index (χ2n) is 17.2. The predicted molar refractivity (Wildman–Crippen MR) is 214 cm³/mol. The lowest BCUT2D eigenvalue weighted by molar-refractivity contribution is 0.509. The van der Waals surface area contributed by atoms with E-state index in [0.29, 0.717) is 0 Å². The van der Waals surface area contributed by atoms with Crippen LogP contribution in [-0.2, 0) is 16.2 Å². The first-order valence-corrected chi connectivity index (χ1v) is 18.0. The van der Waals surface area contributed by atoms with Gasteiger partial charge in [0.2, 0.25) is 0 Å². The third-order valence-electron chi connectivity index (χ3n) is 10.3. The van der Waals surface area contributed by atoms with Gasteiger partial charge in [-0.05, 0) is 53.9 Å². The van der Waals surface area contributed by atoms with Crippen LogP contribution in [0.1, 0.15) is 79.4 Å². The molecule has 4 heterocycles. The van der Waals surface area contributed by atoms with E-state index in [1.807, 2.05) is 0 Å². The monoisotopic (exact) mass is 668 g/mol. The Morgan fingerprint density at radius 3 is 1.51 bits per heavy atom. The van der Waals surface area contributed by atoms with Crippen LogP contribution in [0.5, 0.6) is 0 Å². The van der Waals surface area contributed by atoms with Gasteiger partial charge in [0, 0.05) is 54.7 Å². The third-order valence-corrected chi connectivity index (χ3v) is 10.3. The number of rotatable bonds is 2. The van der Waals surface area contributed by atoms with Gasteiger partial charge in [-0.2, -0.15) is 0 Å². The highest BCUT2D eigenvalue weighted by atomic mass is 16.3. The lowest BCUT2D eigenvalue weighted by Crippen LogP contribution is -2.21. The van der Waals surface area contributed by atoms with E-state index in [1.54, 1.807) is 0 Å². The van der Waals surface area contributed by atoms with Crippen LogP contribution in [0.4, 0.5) is 0 Å². The lowest BCUT2D eigenvalue weighted by Gasteiger charge is -2.22. The first-order chi connectivity index (χ1) is 24.2. The molecule has 9 aromatic rings. The Kier molecular flexibility index (Phi) is 6.53. The van der Waals surface area contributed by atoms with E-state index in [-0.39, 0.29) is 16.2 Å². The highest BCUT2D eigenvalue weighted by molar-refractivity contribution is 6.13. The Bertz CT molecular complexity index is 2810. The van der Waals surface area contributed by atoms with Crippen molar-refractivity contribution < 1.29 is 4.42 Å². The minimum Gasteiger partial charge on any atom is -0.452 e. The second kappa shape index (κ2) is 10.6. The molecular formula is C46H44N4O. The number of furan rings is 1. The van der Waals surface area contributed by atoms with Gasteiger partial charge in [-0.3, -0.25) is 0 Å². The number of hydrogen-bond donors (Lipinski definition) is 0. The summed E-state index contributed by atoms with van der Waals surface area (Å²) in [7, 11) is 0. The van der Waals surface area contributed by atoms with Gasteiger partial charge in [-0.25, -0.2) is 9.97 Å². The zero-order valence-corrected chi connectivity index (χ0v) is 31.0. The first-order valence-electron chi connectivity index (χ1n) is 18.0. The number of fused-ring (bicyclic) bond motifs is 9. The Balaban J connectivity index is 1.36. The molecule has 0 atom stereocenters. The van der Waals surface area contributed by atoms with Gasteiger partial charge < -0.3 is 13.6 Å². The van der Waals surface area contributed by atoms with Crippen LogP contribution in [0.3, 0.4) is 0 Å². The lowest BCUT2D eigenvalue weighted by atomic mass is 9.85. The minimum atomic E-state index is -0.222. The van der Waals surface area contributed by atoms with Crippen LogP contribution in [0.25, 0.3) is 77.1 Å². The van der Waals surface area contributed by atoms with Gasteiger partial charge in [-0.1, -0.05) is 117 Å². The maximum absolute atomic E-state index is 6.87. The van der Waals surface area contributed by atoms with Crippen molar-refractivity contribution in [1.29, 1.82) is 0 Å². The molecule has 5 heteroatoms. The van der Waals surface area contributed by atoms with Crippen LogP contribution < -0.4 is 0 Å². The topological polar surface area (TPSA) is 48.8 Å². The zero-order valence-electron chi connectivity index (χ0n) is 31.0. The molecule has 0 bridgehead atoms. The van der Waals surface area contributed by atoms with Crippen molar-refractivity contribution in [2.45, 2.75) is 78.6 Å². The van der Waals surface area contributed by atoms with E-state index in [4.69, 9.17) is 14.4 Å². The minimum absolute atomic E-state index is 0.188. The summed E-state index contributed by atoms with van der Waals surface area (Å²) in [5, 5.41) is 5.99. The van der Waals surface area contributed by atoms with Gasteiger partial charge in [-0.15, -0.1) is 0 Å². The normalized spacial score (nSPS) is 13.2. The van der Waals surface area contributed by atoms with Gasteiger partial charge in [0.05, 0.1) is 27.8 Å². The summed E-state index contributed by atoms with van der Waals surface area (Å²) < 4.78 is 11.7. The summed E-state index contributed by atoms with van der Waals surface area (Å²) in [6, 6.07) is 37.7. The Morgan fingerprint density at radius 2 is 0.961 bits per heavy atom. The maximum atomic E-state index is 6.87. The van der Waals surface area contributed by atoms with Crippen molar-refractivity contribution >= 4 is 65.7 Å². The smallest absolute Gasteiger partial charge is 0.175 e. The summed E-state index contributed by atoms with van der Waals surface area (Å²) >= 11 is 0. The number of benzene rings is 5. The SMILES string of the molecule is CC(C)(C)c1nc(C(C)(C)C)c2oc3c(C(C)(C)C)cc(-n4c5ccccc5c5cc(-n6c7ccccc7c7ccccc76)ccc54)cc3c2n1. The molecule has 0 radical (unpaired) electrons. The van der Waals surface area contributed by atoms with Crippen molar-refractivity contribution in [2.24, 2.45) is 0 Å². The van der Waals surface area contributed by atoms with Crippen molar-refractivity contribution in [3.05, 3.63) is 120 Å². The van der Waals surface area contributed by atoms with Crippen molar-refractivity contribution in [3.63, 3.8) is 0 Å². The Morgan fingerprint density at radius 1 is 0.451 bits per heavy atom. The molecule has 0 aliphatic heterocycles. The zero-order chi connectivity index (χ0) is 35.6. The third kappa shape index (κ3) is 4.74. The Labute approximate surface area is 298 Å². The fourth-order valence-electron chi connectivity index (χ4n) is 7.84. The van der Waals surface area contributed by atoms with Crippen LogP contribution in [0, 0.1) is 0 Å². The van der Waals surface area contributed by atoms with Crippen LogP contribution in [0.15, 0.2) is 108 Å². The average molecular weight is 669 g/mol. The Hall–Kier alpha value is -5.42. The number of hydrogen-bond acceptors (Lipinski definition) is 3. The summed E-state index contributed by atoms with van der Waals surface area (Å²) in [6.07, 6.45) is 0. The molecule has 0 aliphatic carbocycles. The van der Waals surface area contributed by atoms with Gasteiger partial charge in [0.1, 0.15) is 16.9 Å². The molecule has 0 saturated carbocycles. The molecular weight excluding hydrogens is 625 g/mol. The summed E-state index contributed by atoms with van der Waals surface area (Å²) in [6.45, 7) is 19.9. The number of para-hydroxylation sites is 3. The molecule has 0 fully saturated rings. The molecule has 254 valence electrons. The molecule has 0 saturated heterocycles. The molecule has 0 unspecified atom stereocenters. The van der Waals surface area contributed by atoms with Crippen LogP contribution in [-0.4, -0.2) is 19.1 Å². The molecule has 0 amide bonds. The maximum Gasteiger partial charge on any atom is 0.175 e. The quantitative estimate of drug-likeness (QED) is 0.184. The number of nitrogens with zero attached hydrogens (tertiary/aromatic N) is 4. The highest BCUT2D eigenvalue weighted by Gasteiger charge is 2.31. The molecule has 51 heavy (non-hydrogen) atoms. The van der Waals surface area contributed by atoms with E-state index >= 15 is 0 Å². The van der Waals surface area contributed by atoms with Gasteiger partial charge in [0.25, 0.3) is 0 Å². The summed E-state index contributed by atoms with van der Waals surface area (Å²) in [4.78, 5) is 10.4. The molecule has 9 rings (SSSR count). The molecule has 4 aromatic heterocycles. The molecule has 0 N–H and O–H groups in total. The first kappa shape index (κ1) is 31.6. The largest absolute Gasteiger partial charge is 0.452 e. The van der Waals surface area contributed by atoms with E-state index in [2.05, 4.69) is 175 Å². The molecule has 0 spiro atoms. The van der Waals surface area contributed by atoms with Gasteiger partial charge >= 0.3 is 0 Å². The van der Waals surface area contributed by atoms with E-state index in [0.717, 1.165) is 56.0 Å². The summed E-state index contributed by atoms with van der Waals surface area (Å²) in [5.41, 5.74) is 11.0. The second-order valence-corrected chi connectivity index (χ2v) is 17.2. The molecule has 5 nitrogen and oxygen atoms in total. The van der Waals surface area contributed by atoms with E-state index in [9.17, 15) is 0 Å². The fourth-order valence-corrected chi connectivity index (χ4v) is 7.84. The highest BCUT2D eigenvalue weighted by Crippen LogP contribution is 2.43. The van der Waals surface area contributed by atoms with Crippen LogP contribution in [0.2, 0.25) is 0 Å². The van der Waals surface area contributed by atoms with E-state index in [1.165, 1.54) is 38.1 Å². The standard InChI is InChI=1S/C46H44N4O/c1-44(2,3)34-26-28(25-33-39-41(51-40(33)34)42(45(4,5)6)48-43(47-39)46(7,8)9)50-37-21-15-12-18-31(37)32-24-27(22-23-38(32)50)49-35-19-13-10-16-29(35)30-17-11-14-20-36(30)49/h10-26H,1-9H3. The van der Waals surface area contributed by atoms with Gasteiger partial charge in [0.15, 0.2) is 5.58 Å². The molecule has 0 aliphatic rings. The van der Waals surface area contributed by atoms with Crippen molar-refractivity contribution in [3.8, 4) is 11.4 Å². The summed E-state index contributed by atoms with van der Waals surface area (Å²) in [5.74, 6) is 0.833. The number of aromatic nitrogens is 4. The van der Waals surface area contributed by atoms with Crippen molar-refractivity contribution in [1.82, 2.24) is 19.1 Å². The van der Waals surface area contributed by atoms with E-state index < -0.39 is 0 Å².